The quantitative estimate of drug-likeness (QED) is 0.544. The predicted molar refractivity (Wildman–Crippen MR) is 106 cm³/mol. The number of carbonyl (C=O) groups excluding carboxylic acids is 3. The van der Waals surface area contributed by atoms with E-state index in [1.54, 1.807) is 20.8 Å². The molecule has 9 heteroatoms. The van der Waals surface area contributed by atoms with Crippen molar-refractivity contribution in [1.29, 1.82) is 0 Å². The summed E-state index contributed by atoms with van der Waals surface area (Å²) in [4.78, 5) is 35.8. The van der Waals surface area contributed by atoms with Crippen LogP contribution in [0.4, 0.5) is 9.59 Å². The molecule has 0 aromatic rings. The zero-order valence-electron chi connectivity index (χ0n) is 18.5. The zero-order valence-corrected chi connectivity index (χ0v) is 18.5. The molecule has 0 unspecified atom stereocenters. The number of aliphatic hydroxyl groups excluding tert-OH is 1. The van der Waals surface area contributed by atoms with Gasteiger partial charge in [-0.05, 0) is 26.7 Å². The summed E-state index contributed by atoms with van der Waals surface area (Å²) in [7, 11) is 1.18. The summed E-state index contributed by atoms with van der Waals surface area (Å²) in [6.07, 6.45) is -1.80. The van der Waals surface area contributed by atoms with Crippen LogP contribution < -0.4 is 10.6 Å². The summed E-state index contributed by atoms with van der Waals surface area (Å²) < 4.78 is 15.1. The number of ether oxygens (including phenoxy) is 3. The van der Waals surface area contributed by atoms with Crippen molar-refractivity contribution in [3.8, 4) is 0 Å². The highest BCUT2D eigenvalue weighted by Gasteiger charge is 2.50. The maximum absolute atomic E-state index is 12.4. The number of hydrogen-bond donors (Lipinski definition) is 3. The Morgan fingerprint density at radius 1 is 1.17 bits per heavy atom. The van der Waals surface area contributed by atoms with Crippen molar-refractivity contribution in [2.75, 3.05) is 7.11 Å². The van der Waals surface area contributed by atoms with Gasteiger partial charge in [-0.3, -0.25) is 4.79 Å². The van der Waals surface area contributed by atoms with E-state index in [2.05, 4.69) is 15.4 Å². The van der Waals surface area contributed by atoms with Crippen molar-refractivity contribution in [2.45, 2.75) is 90.7 Å². The van der Waals surface area contributed by atoms with Crippen molar-refractivity contribution < 1.29 is 33.7 Å². The van der Waals surface area contributed by atoms with Crippen LogP contribution >= 0.6 is 0 Å². The second-order valence-corrected chi connectivity index (χ2v) is 8.47. The first kappa shape index (κ1) is 25.0. The number of methoxy groups -OCH3 is 1. The second kappa shape index (κ2) is 10.7. The molecule has 0 spiro atoms. The molecule has 2 amide bonds. The molecule has 9 nitrogen and oxygen atoms in total. The molecule has 0 aromatic carbocycles. The Morgan fingerprint density at radius 3 is 2.21 bits per heavy atom. The van der Waals surface area contributed by atoms with Crippen LogP contribution in [-0.2, 0) is 19.0 Å². The highest BCUT2D eigenvalue weighted by molar-refractivity contribution is 5.73. The molecule has 0 saturated heterocycles. The van der Waals surface area contributed by atoms with Gasteiger partial charge in [-0.1, -0.05) is 26.7 Å². The van der Waals surface area contributed by atoms with E-state index in [4.69, 9.17) is 9.47 Å². The van der Waals surface area contributed by atoms with Crippen LogP contribution in [-0.4, -0.2) is 60.3 Å². The molecule has 1 fully saturated rings. The van der Waals surface area contributed by atoms with Gasteiger partial charge in [0.15, 0.2) is 0 Å². The molecule has 3 N–H and O–H groups in total. The van der Waals surface area contributed by atoms with Crippen molar-refractivity contribution in [3.05, 3.63) is 0 Å². The molecule has 168 valence electrons. The van der Waals surface area contributed by atoms with E-state index in [0.717, 1.165) is 12.8 Å². The average Bonchev–Trinajstić information content (AvgIpc) is 2.87. The molecule has 29 heavy (non-hydrogen) atoms. The fourth-order valence-electron chi connectivity index (χ4n) is 3.96. The molecule has 0 heterocycles. The molecule has 0 aliphatic heterocycles. The van der Waals surface area contributed by atoms with Gasteiger partial charge in [-0.25, -0.2) is 9.59 Å². The minimum atomic E-state index is -1.09. The molecule has 1 saturated carbocycles. The lowest BCUT2D eigenvalue weighted by molar-refractivity contribution is -0.121. The van der Waals surface area contributed by atoms with Crippen molar-refractivity contribution >= 4 is 18.2 Å². The molecule has 1 rings (SSSR count). The second-order valence-electron chi connectivity index (χ2n) is 8.47. The van der Waals surface area contributed by atoms with E-state index in [1.807, 2.05) is 13.8 Å². The Balaban J connectivity index is 3.18. The first-order chi connectivity index (χ1) is 13.4. The highest BCUT2D eigenvalue weighted by Crippen LogP contribution is 2.36. The fraction of sp³-hybridized carbons (Fsp3) is 0.850. The minimum absolute atomic E-state index is 0.0679. The molecule has 0 aromatic heterocycles. The maximum Gasteiger partial charge on any atom is 0.508 e. The number of amides is 2. The lowest BCUT2D eigenvalue weighted by Crippen LogP contribution is -2.54. The normalized spacial score (nSPS) is 25.3. The number of carbonyl (C=O) groups is 3. The summed E-state index contributed by atoms with van der Waals surface area (Å²) in [6, 6.07) is -0.976. The van der Waals surface area contributed by atoms with E-state index >= 15 is 0 Å². The summed E-state index contributed by atoms with van der Waals surface area (Å²) in [5.41, 5.74) is -0.689. The molecule has 1 aliphatic carbocycles. The van der Waals surface area contributed by atoms with Gasteiger partial charge in [-0.15, -0.1) is 0 Å². The topological polar surface area (TPSA) is 123 Å². The standard InChI is InChI=1S/C20H36N2O7/c1-8-12(9-2)16(21-11(3)23)15-13(22-18(25)29-20(4,5)6)10-14(17(15)24)28-19(26)27-7/h12-17,24H,8-10H2,1-7H3,(H,21,23)(H,22,25)/t13-,14+,15-,16+,17-/m1/s1. The van der Waals surface area contributed by atoms with Crippen LogP contribution in [0.2, 0.25) is 0 Å². The summed E-state index contributed by atoms with van der Waals surface area (Å²) in [6.45, 7) is 10.7. The van der Waals surface area contributed by atoms with Crippen LogP contribution in [0, 0.1) is 11.8 Å². The third-order valence-corrected chi connectivity index (χ3v) is 5.18. The van der Waals surface area contributed by atoms with E-state index in [0.29, 0.717) is 0 Å². The zero-order chi connectivity index (χ0) is 22.4. The van der Waals surface area contributed by atoms with Gasteiger partial charge in [0.25, 0.3) is 0 Å². The third kappa shape index (κ3) is 7.38. The van der Waals surface area contributed by atoms with Crippen LogP contribution in [0.3, 0.4) is 0 Å². The first-order valence-electron chi connectivity index (χ1n) is 10.1. The van der Waals surface area contributed by atoms with Crippen LogP contribution in [0.25, 0.3) is 0 Å². The Labute approximate surface area is 172 Å². The Hall–Kier alpha value is -2.03. The number of alkyl carbamates (subject to hydrolysis) is 1. The summed E-state index contributed by atoms with van der Waals surface area (Å²) in [5, 5.41) is 16.7. The van der Waals surface area contributed by atoms with Gasteiger partial charge in [0.1, 0.15) is 11.7 Å². The molecular formula is C20H36N2O7. The highest BCUT2D eigenvalue weighted by atomic mass is 16.7. The van der Waals surface area contributed by atoms with Gasteiger partial charge >= 0.3 is 12.2 Å². The Kier molecular flexibility index (Phi) is 9.19. The number of rotatable bonds is 7. The lowest BCUT2D eigenvalue weighted by Gasteiger charge is -2.36. The smallest absolute Gasteiger partial charge is 0.444 e. The summed E-state index contributed by atoms with van der Waals surface area (Å²) in [5.74, 6) is -0.730. The fourth-order valence-corrected chi connectivity index (χ4v) is 3.96. The van der Waals surface area contributed by atoms with Gasteiger partial charge in [0, 0.05) is 31.3 Å². The molecule has 0 bridgehead atoms. The molecule has 5 atom stereocenters. The largest absolute Gasteiger partial charge is 0.508 e. The minimum Gasteiger partial charge on any atom is -0.444 e. The van der Waals surface area contributed by atoms with Crippen molar-refractivity contribution in [3.63, 3.8) is 0 Å². The monoisotopic (exact) mass is 416 g/mol. The third-order valence-electron chi connectivity index (χ3n) is 5.18. The maximum atomic E-state index is 12.4. The molecule has 1 aliphatic rings. The van der Waals surface area contributed by atoms with Gasteiger partial charge in [0.2, 0.25) is 5.91 Å². The average molecular weight is 417 g/mol. The SMILES string of the molecule is CCC(CC)[C@H](NC(C)=O)[C@@H]1[C@H](O)[C@@H](OC(=O)OC)C[C@H]1NC(=O)OC(C)(C)C. The first-order valence-corrected chi connectivity index (χ1v) is 10.1. The van der Waals surface area contributed by atoms with Crippen LogP contribution in [0.1, 0.15) is 60.8 Å². The number of aliphatic hydroxyl groups is 1. The van der Waals surface area contributed by atoms with E-state index in [9.17, 15) is 19.5 Å². The van der Waals surface area contributed by atoms with E-state index < -0.39 is 48.1 Å². The van der Waals surface area contributed by atoms with Crippen molar-refractivity contribution in [1.82, 2.24) is 10.6 Å². The van der Waals surface area contributed by atoms with Crippen LogP contribution in [0.15, 0.2) is 0 Å². The van der Waals surface area contributed by atoms with E-state index in [-0.39, 0.29) is 18.2 Å². The summed E-state index contributed by atoms with van der Waals surface area (Å²) >= 11 is 0. The van der Waals surface area contributed by atoms with Gasteiger partial charge in [0.05, 0.1) is 13.2 Å². The number of nitrogens with one attached hydrogen (secondary N) is 2. The number of hydrogen-bond acceptors (Lipinski definition) is 7. The van der Waals surface area contributed by atoms with Crippen molar-refractivity contribution in [2.24, 2.45) is 11.8 Å². The van der Waals surface area contributed by atoms with Gasteiger partial charge < -0.3 is 30.0 Å². The predicted octanol–water partition coefficient (Wildman–Crippen LogP) is 2.35. The molecular weight excluding hydrogens is 380 g/mol. The van der Waals surface area contributed by atoms with Crippen LogP contribution in [0.5, 0.6) is 0 Å². The van der Waals surface area contributed by atoms with Gasteiger partial charge in [-0.2, -0.15) is 0 Å². The lowest BCUT2D eigenvalue weighted by atomic mass is 9.81. The van der Waals surface area contributed by atoms with E-state index in [1.165, 1.54) is 14.0 Å². The Bertz CT molecular complexity index is 572. The molecule has 0 radical (unpaired) electrons. The Morgan fingerprint density at radius 2 is 1.76 bits per heavy atom.